The molecule has 1 N–H and O–H groups in total. The fourth-order valence-electron chi connectivity index (χ4n) is 5.06. The number of rotatable bonds is 13. The van der Waals surface area contributed by atoms with E-state index in [2.05, 4.69) is 15.0 Å². The number of hydrogen-bond acceptors (Lipinski definition) is 9. The van der Waals surface area contributed by atoms with Crippen molar-refractivity contribution in [2.45, 2.75) is 55.6 Å². The molecule has 1 aliphatic heterocycles. The van der Waals surface area contributed by atoms with Crippen LogP contribution in [0, 0.1) is 11.3 Å². The highest BCUT2D eigenvalue weighted by atomic mass is 32.2. The van der Waals surface area contributed by atoms with Gasteiger partial charge in [-0.1, -0.05) is 19.1 Å². The number of halogens is 5. The van der Waals surface area contributed by atoms with E-state index in [-0.39, 0.29) is 52.9 Å². The Labute approximate surface area is 268 Å². The van der Waals surface area contributed by atoms with Crippen molar-refractivity contribution in [3.05, 3.63) is 77.5 Å². The molecule has 1 saturated heterocycles. The number of methoxy groups -OCH3 is 1. The second-order valence-electron chi connectivity index (χ2n) is 10.5. The summed E-state index contributed by atoms with van der Waals surface area (Å²) in [6.07, 6.45) is -3.88. The van der Waals surface area contributed by atoms with E-state index < -0.39 is 58.9 Å². The Hall–Kier alpha value is -4.49. The first-order chi connectivity index (χ1) is 22.2. The average Bonchev–Trinajstić information content (AvgIpc) is 3.45. The molecule has 2 heterocycles. The van der Waals surface area contributed by atoms with Crippen LogP contribution in [0.4, 0.5) is 27.8 Å². The van der Waals surface area contributed by atoms with Crippen molar-refractivity contribution in [1.29, 1.82) is 5.26 Å². The van der Waals surface area contributed by atoms with E-state index >= 15 is 0 Å². The molecule has 16 heteroatoms. The van der Waals surface area contributed by atoms with Gasteiger partial charge in [0, 0.05) is 12.6 Å². The molecule has 0 bridgehead atoms. The van der Waals surface area contributed by atoms with Gasteiger partial charge in [-0.3, -0.25) is 4.79 Å². The molecule has 1 aromatic heterocycles. The van der Waals surface area contributed by atoms with E-state index in [1.54, 1.807) is 4.90 Å². The molecule has 3 aromatic rings. The molecule has 10 nitrogen and oxygen atoms in total. The van der Waals surface area contributed by atoms with Crippen LogP contribution in [0.15, 0.2) is 65.7 Å². The minimum Gasteiger partial charge on any atom is -0.493 e. The standard InChI is InChI=1S/C31H31F5N4O6S/c1-3-47(42,43)25-10-4-19(5-11-25)26(12-13-37)39-29(41)20-14-27(44-2)28(38-16-20)40-17-24(15-22(40)18-45-30(32)33)46-23-8-6-21(7-9-23)31(34,35)36/h4-11,14,16,22,24,26,30H,3,12,15,17-18H2,1-2H3,(H,39,41)/t22-,24-,26+/m0/s1. The Bertz CT molecular complexity index is 1680. The quantitative estimate of drug-likeness (QED) is 0.231. The molecule has 1 fully saturated rings. The Morgan fingerprint density at radius 3 is 2.40 bits per heavy atom. The van der Waals surface area contributed by atoms with E-state index in [0.29, 0.717) is 5.56 Å². The third kappa shape index (κ3) is 8.86. The lowest BCUT2D eigenvalue weighted by atomic mass is 10.0. The van der Waals surface area contributed by atoms with Crippen LogP contribution < -0.4 is 19.7 Å². The molecule has 3 atom stereocenters. The Balaban J connectivity index is 1.53. The van der Waals surface area contributed by atoms with Crippen molar-refractivity contribution in [1.82, 2.24) is 10.3 Å². The second kappa shape index (κ2) is 14.9. The van der Waals surface area contributed by atoms with Gasteiger partial charge < -0.3 is 24.4 Å². The largest absolute Gasteiger partial charge is 0.493 e. The van der Waals surface area contributed by atoms with Crippen molar-refractivity contribution in [3.8, 4) is 17.6 Å². The van der Waals surface area contributed by atoms with Gasteiger partial charge in [-0.05, 0) is 48.0 Å². The van der Waals surface area contributed by atoms with E-state index in [1.165, 1.54) is 62.7 Å². The number of sulfone groups is 1. The number of pyridine rings is 1. The molecule has 0 radical (unpaired) electrons. The molecule has 252 valence electrons. The van der Waals surface area contributed by atoms with Crippen molar-refractivity contribution >= 4 is 21.6 Å². The zero-order chi connectivity index (χ0) is 34.4. The Morgan fingerprint density at radius 1 is 1.15 bits per heavy atom. The van der Waals surface area contributed by atoms with Gasteiger partial charge in [0.15, 0.2) is 21.4 Å². The van der Waals surface area contributed by atoms with Gasteiger partial charge in [-0.15, -0.1) is 0 Å². The Kier molecular flexibility index (Phi) is 11.2. The number of nitrogens with zero attached hydrogens (tertiary/aromatic N) is 3. The highest BCUT2D eigenvalue weighted by molar-refractivity contribution is 7.91. The van der Waals surface area contributed by atoms with Crippen LogP contribution in [-0.4, -0.2) is 64.1 Å². The Morgan fingerprint density at radius 2 is 1.83 bits per heavy atom. The normalized spacial score (nSPS) is 17.3. The maximum atomic E-state index is 13.2. The summed E-state index contributed by atoms with van der Waals surface area (Å²) in [6, 6.07) is 11.8. The summed E-state index contributed by atoms with van der Waals surface area (Å²) < 4.78 is 105. The predicted octanol–water partition coefficient (Wildman–Crippen LogP) is 5.55. The lowest BCUT2D eigenvalue weighted by molar-refractivity contribution is -0.137. The maximum Gasteiger partial charge on any atom is 0.416 e. The number of hydrogen-bond donors (Lipinski definition) is 1. The number of nitriles is 1. The molecule has 1 amide bonds. The van der Waals surface area contributed by atoms with Crippen LogP contribution in [0.3, 0.4) is 0 Å². The third-order valence-corrected chi connectivity index (χ3v) is 9.23. The van der Waals surface area contributed by atoms with Crippen LogP contribution in [0.5, 0.6) is 11.5 Å². The van der Waals surface area contributed by atoms with Crippen molar-refractivity contribution in [2.24, 2.45) is 0 Å². The topological polar surface area (TPSA) is 131 Å². The summed E-state index contributed by atoms with van der Waals surface area (Å²) in [7, 11) is -2.12. The molecule has 0 unspecified atom stereocenters. The first-order valence-corrected chi connectivity index (χ1v) is 16.0. The van der Waals surface area contributed by atoms with E-state index in [4.69, 9.17) is 9.47 Å². The first kappa shape index (κ1) is 35.4. The van der Waals surface area contributed by atoms with E-state index in [9.17, 15) is 40.4 Å². The minimum atomic E-state index is -4.52. The zero-order valence-corrected chi connectivity index (χ0v) is 26.0. The third-order valence-electron chi connectivity index (χ3n) is 7.48. The van der Waals surface area contributed by atoms with Gasteiger partial charge in [-0.2, -0.15) is 27.2 Å². The zero-order valence-electron chi connectivity index (χ0n) is 25.2. The SMILES string of the molecule is CCS(=O)(=O)c1ccc([C@@H](CC#N)NC(=O)c2cnc(N3C[C@@H](Oc4ccc(C(F)(F)F)cc4)C[C@H]3COC(F)F)c(OC)c2)cc1. The van der Waals surface area contributed by atoms with Crippen LogP contribution in [0.1, 0.15) is 47.3 Å². The van der Waals surface area contributed by atoms with Gasteiger partial charge >= 0.3 is 12.8 Å². The van der Waals surface area contributed by atoms with E-state index in [1.807, 2.05) is 6.07 Å². The summed E-state index contributed by atoms with van der Waals surface area (Å²) in [4.78, 5) is 19.3. The molecular weight excluding hydrogens is 651 g/mol. The summed E-state index contributed by atoms with van der Waals surface area (Å²) in [6.45, 7) is -1.87. The molecule has 47 heavy (non-hydrogen) atoms. The molecule has 0 aliphatic carbocycles. The van der Waals surface area contributed by atoms with Crippen molar-refractivity contribution < 1.29 is 49.4 Å². The fourth-order valence-corrected chi connectivity index (χ4v) is 5.95. The highest BCUT2D eigenvalue weighted by Crippen LogP contribution is 2.35. The van der Waals surface area contributed by atoms with Crippen LogP contribution in [0.2, 0.25) is 0 Å². The maximum absolute atomic E-state index is 13.2. The van der Waals surface area contributed by atoms with Crippen LogP contribution >= 0.6 is 0 Å². The van der Waals surface area contributed by atoms with Gasteiger partial charge in [-0.25, -0.2) is 13.4 Å². The van der Waals surface area contributed by atoms with Gasteiger partial charge in [0.25, 0.3) is 5.91 Å². The second-order valence-corrected chi connectivity index (χ2v) is 12.8. The highest BCUT2D eigenvalue weighted by Gasteiger charge is 2.37. The molecule has 2 aromatic carbocycles. The number of carbonyl (C=O) groups is 1. The summed E-state index contributed by atoms with van der Waals surface area (Å²) in [5.74, 6) is -0.249. The average molecular weight is 683 g/mol. The number of amides is 1. The van der Waals surface area contributed by atoms with E-state index in [0.717, 1.165) is 12.1 Å². The van der Waals surface area contributed by atoms with Gasteiger partial charge in [0.1, 0.15) is 11.9 Å². The van der Waals surface area contributed by atoms with Crippen LogP contribution in [-0.2, 0) is 20.8 Å². The number of anilines is 1. The summed E-state index contributed by atoms with van der Waals surface area (Å²) >= 11 is 0. The first-order valence-electron chi connectivity index (χ1n) is 14.3. The fraction of sp³-hybridized carbons (Fsp3) is 0.387. The van der Waals surface area contributed by atoms with Crippen molar-refractivity contribution in [3.63, 3.8) is 0 Å². The molecular formula is C31H31F5N4O6S. The van der Waals surface area contributed by atoms with Crippen molar-refractivity contribution in [2.75, 3.05) is 30.9 Å². The molecule has 0 saturated carbocycles. The molecule has 0 spiro atoms. The number of benzene rings is 2. The number of carbonyl (C=O) groups excluding carboxylic acids is 1. The minimum absolute atomic E-state index is 0.0517. The molecule has 4 rings (SSSR count). The summed E-state index contributed by atoms with van der Waals surface area (Å²) in [5, 5.41) is 12.1. The monoisotopic (exact) mass is 682 g/mol. The lowest BCUT2D eigenvalue weighted by Crippen LogP contribution is -2.35. The lowest BCUT2D eigenvalue weighted by Gasteiger charge is -2.26. The van der Waals surface area contributed by atoms with Gasteiger partial charge in [0.05, 0.1) is 66.6 Å². The molecule has 1 aliphatic rings. The number of alkyl halides is 5. The predicted molar refractivity (Wildman–Crippen MR) is 159 cm³/mol. The summed E-state index contributed by atoms with van der Waals surface area (Å²) in [5.41, 5.74) is -0.293. The van der Waals surface area contributed by atoms with Gasteiger partial charge in [0.2, 0.25) is 0 Å². The smallest absolute Gasteiger partial charge is 0.416 e. The number of nitrogens with one attached hydrogen (secondary N) is 1. The number of ether oxygens (including phenoxy) is 3. The number of aromatic nitrogens is 1. The van der Waals surface area contributed by atoms with Crippen LogP contribution in [0.25, 0.3) is 0 Å².